The molecule has 0 amide bonds. The highest BCUT2D eigenvalue weighted by molar-refractivity contribution is 5.59. The summed E-state index contributed by atoms with van der Waals surface area (Å²) in [6.07, 6.45) is 7.35. The standard InChI is InChI=1S/C9H9N/c1-7-5-8-3-2-4-9(8)6-10-7/h2-3,5-6H,4H2,1H3. The molecule has 0 aliphatic heterocycles. The predicted octanol–water partition coefficient (Wildman–Crippen LogP) is 1.96. The zero-order valence-electron chi connectivity index (χ0n) is 5.96. The Kier molecular flexibility index (Phi) is 1.10. The van der Waals surface area contributed by atoms with Crippen molar-refractivity contribution >= 4 is 6.08 Å². The molecule has 1 aliphatic carbocycles. The third-order valence-corrected chi connectivity index (χ3v) is 1.79. The molecule has 0 radical (unpaired) electrons. The first kappa shape index (κ1) is 5.66. The lowest BCUT2D eigenvalue weighted by molar-refractivity contribution is 1.14. The summed E-state index contributed by atoms with van der Waals surface area (Å²) in [5, 5.41) is 0. The van der Waals surface area contributed by atoms with Crippen LogP contribution in [0.3, 0.4) is 0 Å². The minimum atomic E-state index is 1.06. The van der Waals surface area contributed by atoms with Crippen LogP contribution in [0, 0.1) is 6.92 Å². The number of allylic oxidation sites excluding steroid dienone is 1. The highest BCUT2D eigenvalue weighted by atomic mass is 14.7. The molecule has 0 aromatic carbocycles. The summed E-state index contributed by atoms with van der Waals surface area (Å²) in [5.74, 6) is 0. The number of nitrogens with zero attached hydrogens (tertiary/aromatic N) is 1. The fourth-order valence-corrected chi connectivity index (χ4v) is 1.25. The third kappa shape index (κ3) is 0.747. The Bertz CT molecular complexity index is 287. The van der Waals surface area contributed by atoms with Gasteiger partial charge in [0.2, 0.25) is 0 Å². The van der Waals surface area contributed by atoms with Gasteiger partial charge in [0.1, 0.15) is 0 Å². The second kappa shape index (κ2) is 1.94. The van der Waals surface area contributed by atoms with E-state index < -0.39 is 0 Å². The number of hydrogen-bond acceptors (Lipinski definition) is 1. The average molecular weight is 131 g/mol. The van der Waals surface area contributed by atoms with Crippen LogP contribution in [0.25, 0.3) is 6.08 Å². The van der Waals surface area contributed by atoms with E-state index in [0.717, 1.165) is 12.1 Å². The SMILES string of the molecule is Cc1cc2c(cn1)CC=C2. The van der Waals surface area contributed by atoms with Gasteiger partial charge in [0.25, 0.3) is 0 Å². The van der Waals surface area contributed by atoms with E-state index in [1.165, 1.54) is 11.1 Å². The average Bonchev–Trinajstić information content (AvgIpc) is 2.33. The highest BCUT2D eigenvalue weighted by Crippen LogP contribution is 2.18. The number of rotatable bonds is 0. The first-order valence-electron chi connectivity index (χ1n) is 3.48. The molecule has 50 valence electrons. The minimum Gasteiger partial charge on any atom is -0.261 e. The summed E-state index contributed by atoms with van der Waals surface area (Å²) in [4.78, 5) is 4.21. The van der Waals surface area contributed by atoms with E-state index >= 15 is 0 Å². The largest absolute Gasteiger partial charge is 0.261 e. The molecule has 0 saturated heterocycles. The molecular weight excluding hydrogens is 122 g/mol. The van der Waals surface area contributed by atoms with E-state index in [0.29, 0.717) is 0 Å². The summed E-state index contributed by atoms with van der Waals surface area (Å²) in [7, 11) is 0. The number of aromatic nitrogens is 1. The molecular formula is C9H9N. The Hall–Kier alpha value is -1.11. The summed E-state index contributed by atoms with van der Waals surface area (Å²) >= 11 is 0. The molecule has 0 saturated carbocycles. The Morgan fingerprint density at radius 2 is 2.40 bits per heavy atom. The fraction of sp³-hybridized carbons (Fsp3) is 0.222. The molecule has 2 rings (SSSR count). The van der Waals surface area contributed by atoms with Crippen LogP contribution in [0.5, 0.6) is 0 Å². The van der Waals surface area contributed by atoms with Gasteiger partial charge in [-0.15, -0.1) is 0 Å². The maximum absolute atomic E-state index is 4.21. The molecule has 0 spiro atoms. The third-order valence-electron chi connectivity index (χ3n) is 1.79. The van der Waals surface area contributed by atoms with Crippen molar-refractivity contribution in [1.29, 1.82) is 0 Å². The molecule has 10 heavy (non-hydrogen) atoms. The van der Waals surface area contributed by atoms with Crippen molar-refractivity contribution in [3.63, 3.8) is 0 Å². The van der Waals surface area contributed by atoms with E-state index in [-0.39, 0.29) is 0 Å². The lowest BCUT2D eigenvalue weighted by atomic mass is 10.1. The molecule has 1 nitrogen and oxygen atoms in total. The smallest absolute Gasteiger partial charge is 0.0378 e. The normalized spacial score (nSPS) is 13.7. The number of aryl methyl sites for hydroxylation is 1. The maximum Gasteiger partial charge on any atom is 0.0378 e. The summed E-state index contributed by atoms with van der Waals surface area (Å²) in [5.41, 5.74) is 3.79. The molecule has 1 aromatic rings. The zero-order chi connectivity index (χ0) is 6.97. The molecule has 1 heterocycles. The van der Waals surface area contributed by atoms with Gasteiger partial charge in [-0.2, -0.15) is 0 Å². The molecule has 0 fully saturated rings. The highest BCUT2D eigenvalue weighted by Gasteiger charge is 2.03. The van der Waals surface area contributed by atoms with Crippen molar-refractivity contribution in [2.45, 2.75) is 13.3 Å². The topological polar surface area (TPSA) is 12.9 Å². The molecule has 0 atom stereocenters. The van der Waals surface area contributed by atoms with Crippen molar-refractivity contribution in [2.75, 3.05) is 0 Å². The Morgan fingerprint density at radius 1 is 1.50 bits per heavy atom. The van der Waals surface area contributed by atoms with Gasteiger partial charge in [-0.3, -0.25) is 4.98 Å². The van der Waals surface area contributed by atoms with Crippen LogP contribution in [0.2, 0.25) is 0 Å². The molecule has 1 heteroatoms. The Morgan fingerprint density at radius 3 is 3.30 bits per heavy atom. The van der Waals surface area contributed by atoms with Gasteiger partial charge >= 0.3 is 0 Å². The van der Waals surface area contributed by atoms with E-state index in [1.807, 2.05) is 13.1 Å². The molecule has 1 aromatic heterocycles. The van der Waals surface area contributed by atoms with Crippen LogP contribution in [0.15, 0.2) is 18.3 Å². The second-order valence-electron chi connectivity index (χ2n) is 2.63. The predicted molar refractivity (Wildman–Crippen MR) is 41.7 cm³/mol. The number of pyridine rings is 1. The fourth-order valence-electron chi connectivity index (χ4n) is 1.25. The van der Waals surface area contributed by atoms with Gasteiger partial charge in [0.15, 0.2) is 0 Å². The van der Waals surface area contributed by atoms with Gasteiger partial charge in [-0.05, 0) is 30.5 Å². The van der Waals surface area contributed by atoms with Crippen molar-refractivity contribution < 1.29 is 0 Å². The maximum atomic E-state index is 4.21. The van der Waals surface area contributed by atoms with Gasteiger partial charge in [-0.25, -0.2) is 0 Å². The molecule has 0 unspecified atom stereocenters. The first-order chi connectivity index (χ1) is 4.86. The monoisotopic (exact) mass is 131 g/mol. The van der Waals surface area contributed by atoms with Gasteiger partial charge in [0, 0.05) is 11.9 Å². The Labute approximate surface area is 60.4 Å². The van der Waals surface area contributed by atoms with E-state index in [4.69, 9.17) is 0 Å². The van der Waals surface area contributed by atoms with E-state index in [2.05, 4.69) is 23.2 Å². The van der Waals surface area contributed by atoms with Gasteiger partial charge < -0.3 is 0 Å². The van der Waals surface area contributed by atoms with Crippen molar-refractivity contribution in [3.05, 3.63) is 35.2 Å². The van der Waals surface area contributed by atoms with Crippen LogP contribution in [-0.2, 0) is 6.42 Å². The first-order valence-corrected chi connectivity index (χ1v) is 3.48. The summed E-state index contributed by atoms with van der Waals surface area (Å²) < 4.78 is 0. The quantitative estimate of drug-likeness (QED) is 0.524. The second-order valence-corrected chi connectivity index (χ2v) is 2.63. The number of hydrogen-bond donors (Lipinski definition) is 0. The zero-order valence-corrected chi connectivity index (χ0v) is 5.96. The lowest BCUT2D eigenvalue weighted by Crippen LogP contribution is -1.86. The van der Waals surface area contributed by atoms with Crippen molar-refractivity contribution in [1.82, 2.24) is 4.98 Å². The summed E-state index contributed by atoms with van der Waals surface area (Å²) in [6.45, 7) is 2.02. The van der Waals surface area contributed by atoms with E-state index in [1.54, 1.807) is 0 Å². The lowest BCUT2D eigenvalue weighted by Gasteiger charge is -1.96. The molecule has 1 aliphatic rings. The van der Waals surface area contributed by atoms with Gasteiger partial charge in [0.05, 0.1) is 0 Å². The minimum absolute atomic E-state index is 1.06. The van der Waals surface area contributed by atoms with Crippen LogP contribution >= 0.6 is 0 Å². The van der Waals surface area contributed by atoms with Crippen molar-refractivity contribution in [2.24, 2.45) is 0 Å². The van der Waals surface area contributed by atoms with Gasteiger partial charge in [-0.1, -0.05) is 12.2 Å². The van der Waals surface area contributed by atoms with Crippen molar-refractivity contribution in [3.8, 4) is 0 Å². The molecule has 0 N–H and O–H groups in total. The number of fused-ring (bicyclic) bond motifs is 1. The van der Waals surface area contributed by atoms with Crippen LogP contribution in [0.1, 0.15) is 16.8 Å². The Balaban J connectivity index is 2.60. The van der Waals surface area contributed by atoms with E-state index in [9.17, 15) is 0 Å². The van der Waals surface area contributed by atoms with Crippen LogP contribution in [-0.4, -0.2) is 4.98 Å². The summed E-state index contributed by atoms with van der Waals surface area (Å²) in [6, 6.07) is 2.12. The molecule has 0 bridgehead atoms. The van der Waals surface area contributed by atoms with Crippen LogP contribution < -0.4 is 0 Å². The van der Waals surface area contributed by atoms with Crippen LogP contribution in [0.4, 0.5) is 0 Å².